The van der Waals surface area contributed by atoms with Crippen LogP contribution in [-0.4, -0.2) is 44.9 Å². The maximum Gasteiger partial charge on any atom is 0.271 e. The number of hydrogen-bond donors (Lipinski definition) is 2. The first-order chi connectivity index (χ1) is 8.25. The van der Waals surface area contributed by atoms with E-state index in [1.165, 1.54) is 18.1 Å². The third-order valence-electron chi connectivity index (χ3n) is 2.28. The molecule has 7 heteroatoms. The number of nitrogens with two attached hydrogens (primary N) is 1. The Morgan fingerprint density at radius 3 is 3.00 bits per heavy atom. The molecular weight excluding hydrogens is 256 g/mol. The number of thioether (sulfide) groups is 2. The van der Waals surface area contributed by atoms with Gasteiger partial charge < -0.3 is 11.1 Å². The lowest BCUT2D eigenvalue weighted by atomic mass is 10.4. The molecule has 2 heterocycles. The predicted molar refractivity (Wildman–Crippen MR) is 72.3 cm³/mol. The van der Waals surface area contributed by atoms with Crippen LogP contribution in [0.25, 0.3) is 0 Å². The highest BCUT2D eigenvalue weighted by molar-refractivity contribution is 8.06. The monoisotopic (exact) mass is 270 g/mol. The lowest BCUT2D eigenvalue weighted by Gasteiger charge is -2.20. The Morgan fingerprint density at radius 2 is 2.35 bits per heavy atom. The number of aromatic nitrogens is 2. The number of carbonyl (C=O) groups excluding carboxylic acids is 1. The topological polar surface area (TPSA) is 80.9 Å². The third kappa shape index (κ3) is 3.78. The summed E-state index contributed by atoms with van der Waals surface area (Å²) < 4.78 is 0. The van der Waals surface area contributed by atoms with Gasteiger partial charge in [-0.1, -0.05) is 0 Å². The Labute approximate surface area is 108 Å². The van der Waals surface area contributed by atoms with Crippen molar-refractivity contribution in [1.29, 1.82) is 0 Å². The molecule has 1 aromatic heterocycles. The summed E-state index contributed by atoms with van der Waals surface area (Å²) in [6, 6.07) is 0. The van der Waals surface area contributed by atoms with E-state index in [1.54, 1.807) is 0 Å². The Balaban J connectivity index is 1.82. The van der Waals surface area contributed by atoms with E-state index < -0.39 is 0 Å². The molecule has 1 aliphatic heterocycles. The van der Waals surface area contributed by atoms with Crippen molar-refractivity contribution in [2.75, 3.05) is 29.5 Å². The van der Waals surface area contributed by atoms with Gasteiger partial charge in [0.25, 0.3) is 5.91 Å². The van der Waals surface area contributed by atoms with Crippen molar-refractivity contribution in [3.05, 3.63) is 18.1 Å². The Kier molecular flexibility index (Phi) is 4.49. The molecule has 1 unspecified atom stereocenters. The summed E-state index contributed by atoms with van der Waals surface area (Å²) in [5, 5.41) is 3.37. The lowest BCUT2D eigenvalue weighted by Crippen LogP contribution is -2.33. The van der Waals surface area contributed by atoms with Crippen LogP contribution in [0.2, 0.25) is 0 Å². The molecule has 0 radical (unpaired) electrons. The summed E-state index contributed by atoms with van der Waals surface area (Å²) in [5.41, 5.74) is 5.72. The van der Waals surface area contributed by atoms with Gasteiger partial charge in [0, 0.05) is 29.1 Å². The standard InChI is InChI=1S/C10H14N4OS2/c11-9-5-12-8(4-13-9)10(15)14-3-7-6-16-1-2-17-7/h4-5,7H,1-3,6H2,(H2,11,13)(H,14,15). The van der Waals surface area contributed by atoms with Gasteiger partial charge in [0.2, 0.25) is 0 Å². The van der Waals surface area contributed by atoms with Crippen molar-refractivity contribution < 1.29 is 4.79 Å². The smallest absolute Gasteiger partial charge is 0.271 e. The predicted octanol–water partition coefficient (Wildman–Crippen LogP) is 0.637. The highest BCUT2D eigenvalue weighted by Gasteiger charge is 2.16. The second-order valence-corrected chi connectivity index (χ2v) is 6.16. The molecule has 92 valence electrons. The molecule has 0 bridgehead atoms. The molecule has 1 saturated heterocycles. The average molecular weight is 270 g/mol. The summed E-state index contributed by atoms with van der Waals surface area (Å²) in [6.45, 7) is 0.683. The maximum atomic E-state index is 11.7. The molecule has 1 aromatic rings. The summed E-state index contributed by atoms with van der Waals surface area (Å²) in [5.74, 6) is 3.60. The number of nitrogen functional groups attached to an aromatic ring is 1. The zero-order valence-corrected chi connectivity index (χ0v) is 10.9. The van der Waals surface area contributed by atoms with Gasteiger partial charge in [-0.15, -0.1) is 0 Å². The number of rotatable bonds is 3. The van der Waals surface area contributed by atoms with Gasteiger partial charge in [-0.05, 0) is 0 Å². The van der Waals surface area contributed by atoms with Crippen molar-refractivity contribution in [3.63, 3.8) is 0 Å². The molecule has 3 N–H and O–H groups in total. The largest absolute Gasteiger partial charge is 0.382 e. The quantitative estimate of drug-likeness (QED) is 0.839. The van der Waals surface area contributed by atoms with Crippen LogP contribution in [-0.2, 0) is 0 Å². The molecule has 0 spiro atoms. The van der Waals surface area contributed by atoms with Gasteiger partial charge in [0.1, 0.15) is 11.5 Å². The molecule has 2 rings (SSSR count). The van der Waals surface area contributed by atoms with Crippen molar-refractivity contribution in [3.8, 4) is 0 Å². The van der Waals surface area contributed by atoms with E-state index in [4.69, 9.17) is 5.73 Å². The summed E-state index contributed by atoms with van der Waals surface area (Å²) in [6.07, 6.45) is 2.79. The first-order valence-electron chi connectivity index (χ1n) is 5.31. The van der Waals surface area contributed by atoms with E-state index in [0.717, 1.165) is 11.5 Å². The highest BCUT2D eigenvalue weighted by atomic mass is 32.2. The van der Waals surface area contributed by atoms with Crippen molar-refractivity contribution in [2.45, 2.75) is 5.25 Å². The first kappa shape index (κ1) is 12.5. The molecule has 17 heavy (non-hydrogen) atoms. The average Bonchev–Trinajstić information content (AvgIpc) is 2.38. The van der Waals surface area contributed by atoms with E-state index in [2.05, 4.69) is 15.3 Å². The van der Waals surface area contributed by atoms with Gasteiger partial charge >= 0.3 is 0 Å². The minimum absolute atomic E-state index is 0.186. The number of anilines is 1. The van der Waals surface area contributed by atoms with Crippen LogP contribution in [0.3, 0.4) is 0 Å². The van der Waals surface area contributed by atoms with E-state index >= 15 is 0 Å². The fourth-order valence-corrected chi connectivity index (χ4v) is 4.02. The minimum Gasteiger partial charge on any atom is -0.382 e. The van der Waals surface area contributed by atoms with Crippen molar-refractivity contribution in [2.24, 2.45) is 0 Å². The van der Waals surface area contributed by atoms with Gasteiger partial charge in [-0.3, -0.25) is 4.79 Å². The third-order valence-corrected chi connectivity index (χ3v) is 5.12. The molecule has 1 aliphatic rings. The maximum absolute atomic E-state index is 11.7. The summed E-state index contributed by atoms with van der Waals surface area (Å²) >= 11 is 3.85. The summed E-state index contributed by atoms with van der Waals surface area (Å²) in [7, 11) is 0. The molecule has 0 aromatic carbocycles. The molecule has 1 fully saturated rings. The van der Waals surface area contributed by atoms with Crippen molar-refractivity contribution >= 4 is 35.2 Å². The normalized spacial score (nSPS) is 19.9. The van der Waals surface area contributed by atoms with Crippen LogP contribution in [0.4, 0.5) is 5.82 Å². The summed E-state index contributed by atoms with van der Waals surface area (Å²) in [4.78, 5) is 19.5. The molecule has 0 aliphatic carbocycles. The minimum atomic E-state index is -0.186. The van der Waals surface area contributed by atoms with Crippen LogP contribution in [0.5, 0.6) is 0 Å². The van der Waals surface area contributed by atoms with E-state index in [0.29, 0.717) is 23.3 Å². The zero-order chi connectivity index (χ0) is 12.1. The number of amides is 1. The highest BCUT2D eigenvalue weighted by Crippen LogP contribution is 2.23. The fourth-order valence-electron chi connectivity index (χ4n) is 1.41. The van der Waals surface area contributed by atoms with Crippen LogP contribution in [0, 0.1) is 0 Å². The zero-order valence-electron chi connectivity index (χ0n) is 9.26. The first-order valence-corrected chi connectivity index (χ1v) is 7.51. The molecular formula is C10H14N4OS2. The Morgan fingerprint density at radius 1 is 1.47 bits per heavy atom. The van der Waals surface area contributed by atoms with E-state index in [1.807, 2.05) is 23.5 Å². The van der Waals surface area contributed by atoms with E-state index in [-0.39, 0.29) is 5.91 Å². The molecule has 0 saturated carbocycles. The van der Waals surface area contributed by atoms with Crippen LogP contribution in [0.15, 0.2) is 12.4 Å². The second-order valence-electron chi connectivity index (χ2n) is 3.60. The molecule has 1 amide bonds. The van der Waals surface area contributed by atoms with Crippen LogP contribution >= 0.6 is 23.5 Å². The van der Waals surface area contributed by atoms with Crippen molar-refractivity contribution in [1.82, 2.24) is 15.3 Å². The van der Waals surface area contributed by atoms with Crippen LogP contribution in [0.1, 0.15) is 10.5 Å². The molecule has 1 atom stereocenters. The number of carbonyl (C=O) groups is 1. The van der Waals surface area contributed by atoms with Gasteiger partial charge in [0.05, 0.1) is 12.4 Å². The number of nitrogens with zero attached hydrogens (tertiary/aromatic N) is 2. The molecule has 5 nitrogen and oxygen atoms in total. The van der Waals surface area contributed by atoms with Gasteiger partial charge in [0.15, 0.2) is 0 Å². The SMILES string of the molecule is Nc1cnc(C(=O)NCC2CSCCS2)cn1. The van der Waals surface area contributed by atoms with Crippen LogP contribution < -0.4 is 11.1 Å². The lowest BCUT2D eigenvalue weighted by molar-refractivity contribution is 0.0949. The fraction of sp³-hybridized carbons (Fsp3) is 0.500. The number of nitrogens with one attached hydrogen (secondary N) is 1. The Hall–Kier alpha value is -0.950. The second kappa shape index (κ2) is 6.11. The van der Waals surface area contributed by atoms with Gasteiger partial charge in [-0.25, -0.2) is 9.97 Å². The Bertz CT molecular complexity index is 378. The number of hydrogen-bond acceptors (Lipinski definition) is 6. The van der Waals surface area contributed by atoms with Gasteiger partial charge in [-0.2, -0.15) is 23.5 Å². The van der Waals surface area contributed by atoms with E-state index in [9.17, 15) is 4.79 Å².